The van der Waals surface area contributed by atoms with Gasteiger partial charge in [0.05, 0.1) is 35.9 Å². The molecule has 43 heavy (non-hydrogen) atoms. The van der Waals surface area contributed by atoms with Crippen molar-refractivity contribution in [3.05, 3.63) is 93.5 Å². The van der Waals surface area contributed by atoms with Crippen LogP contribution in [-0.2, 0) is 4.74 Å². The van der Waals surface area contributed by atoms with Crippen molar-refractivity contribution in [2.24, 2.45) is 0 Å². The van der Waals surface area contributed by atoms with Gasteiger partial charge in [0.1, 0.15) is 22.8 Å². The molecule has 0 saturated carbocycles. The fraction of sp³-hybridized carbons (Fsp3) is 0.344. The summed E-state index contributed by atoms with van der Waals surface area (Å²) in [6.45, 7) is 2.84. The summed E-state index contributed by atoms with van der Waals surface area (Å²) in [5.74, 6) is -1.99. The van der Waals surface area contributed by atoms with E-state index in [1.807, 2.05) is 0 Å². The van der Waals surface area contributed by atoms with Crippen LogP contribution >= 0.6 is 0 Å². The van der Waals surface area contributed by atoms with Gasteiger partial charge < -0.3 is 24.1 Å². The van der Waals surface area contributed by atoms with Crippen molar-refractivity contribution in [3.8, 4) is 17.2 Å². The summed E-state index contributed by atoms with van der Waals surface area (Å²) < 4.78 is 21.9. The van der Waals surface area contributed by atoms with Gasteiger partial charge in [-0.15, -0.1) is 0 Å². The van der Waals surface area contributed by atoms with Crippen molar-refractivity contribution in [2.45, 2.75) is 51.9 Å². The quantitative estimate of drug-likeness (QED) is 0.0543. The predicted octanol–water partition coefficient (Wildman–Crippen LogP) is 6.88. The van der Waals surface area contributed by atoms with Crippen molar-refractivity contribution in [1.82, 2.24) is 0 Å². The van der Waals surface area contributed by atoms with E-state index in [9.17, 15) is 29.6 Å². The molecule has 0 aliphatic rings. The van der Waals surface area contributed by atoms with Gasteiger partial charge in [0.15, 0.2) is 0 Å². The van der Waals surface area contributed by atoms with Crippen molar-refractivity contribution >= 4 is 23.6 Å². The third-order valence-electron chi connectivity index (χ3n) is 6.34. The van der Waals surface area contributed by atoms with Crippen LogP contribution in [0.5, 0.6) is 17.2 Å². The highest BCUT2D eigenvalue weighted by molar-refractivity contribution is 5.99. The maximum absolute atomic E-state index is 12.8. The summed E-state index contributed by atoms with van der Waals surface area (Å²) in [5, 5.41) is 20.1. The molecule has 3 rings (SSSR count). The standard InChI is InChI=1S/C32H35NO10/c1-2-3-4-5-6-7-19-40-26-14-9-23(10-15-26)31(36)43-29-18-11-24(30(34)35)22-28(29)32(37)42-21-8-20-41-27-16-12-25(13-17-27)33(38)39/h9-18,22H,2-8,19-21H2,1H3,(H,34,35). The van der Waals surface area contributed by atoms with Crippen molar-refractivity contribution in [3.63, 3.8) is 0 Å². The Bertz CT molecular complexity index is 1370. The first-order valence-corrected chi connectivity index (χ1v) is 14.1. The van der Waals surface area contributed by atoms with E-state index in [0.29, 0.717) is 18.1 Å². The van der Waals surface area contributed by atoms with Crippen LogP contribution in [0.3, 0.4) is 0 Å². The fourth-order valence-corrected chi connectivity index (χ4v) is 3.99. The van der Waals surface area contributed by atoms with Crippen molar-refractivity contribution in [2.75, 3.05) is 19.8 Å². The lowest BCUT2D eigenvalue weighted by Gasteiger charge is -2.12. The van der Waals surface area contributed by atoms with Crippen LogP contribution in [0.2, 0.25) is 0 Å². The van der Waals surface area contributed by atoms with Crippen LogP contribution in [0.15, 0.2) is 66.7 Å². The molecular weight excluding hydrogens is 558 g/mol. The molecule has 0 aromatic heterocycles. The number of non-ortho nitro benzene ring substituents is 1. The van der Waals surface area contributed by atoms with E-state index in [1.165, 1.54) is 62.1 Å². The van der Waals surface area contributed by atoms with Gasteiger partial charge in [-0.3, -0.25) is 10.1 Å². The largest absolute Gasteiger partial charge is 0.494 e. The number of hydrogen-bond acceptors (Lipinski definition) is 9. The number of hydrogen-bond donors (Lipinski definition) is 1. The van der Waals surface area contributed by atoms with E-state index in [4.69, 9.17) is 18.9 Å². The van der Waals surface area contributed by atoms with E-state index >= 15 is 0 Å². The lowest BCUT2D eigenvalue weighted by atomic mass is 10.1. The first kappa shape index (κ1) is 32.6. The summed E-state index contributed by atoms with van der Waals surface area (Å²) in [7, 11) is 0. The average Bonchev–Trinajstić information content (AvgIpc) is 3.01. The van der Waals surface area contributed by atoms with Crippen LogP contribution in [-0.4, -0.2) is 47.8 Å². The van der Waals surface area contributed by atoms with E-state index in [2.05, 4.69) is 6.92 Å². The fourth-order valence-electron chi connectivity index (χ4n) is 3.99. The first-order valence-electron chi connectivity index (χ1n) is 14.1. The molecule has 0 amide bonds. The zero-order valence-electron chi connectivity index (χ0n) is 24.0. The molecule has 0 spiro atoms. The smallest absolute Gasteiger partial charge is 0.343 e. The van der Waals surface area contributed by atoms with Crippen LogP contribution in [0, 0.1) is 10.1 Å². The molecule has 0 bridgehead atoms. The molecule has 0 atom stereocenters. The number of carbonyl (C=O) groups excluding carboxylic acids is 2. The van der Waals surface area contributed by atoms with Gasteiger partial charge in [-0.05, 0) is 61.0 Å². The maximum Gasteiger partial charge on any atom is 0.343 e. The molecule has 0 heterocycles. The Labute approximate surface area is 249 Å². The van der Waals surface area contributed by atoms with Gasteiger partial charge in [0.25, 0.3) is 5.69 Å². The summed E-state index contributed by atoms with van der Waals surface area (Å²) in [5.41, 5.74) is -0.244. The molecule has 228 valence electrons. The normalized spacial score (nSPS) is 10.5. The molecule has 0 fully saturated rings. The second-order valence-corrected chi connectivity index (χ2v) is 9.64. The van der Waals surface area contributed by atoms with Gasteiger partial charge in [0, 0.05) is 18.6 Å². The number of ether oxygens (including phenoxy) is 4. The number of unbranched alkanes of at least 4 members (excludes halogenated alkanes) is 5. The number of benzene rings is 3. The molecule has 0 radical (unpaired) electrons. The Kier molecular flexibility index (Phi) is 13.0. The van der Waals surface area contributed by atoms with Gasteiger partial charge in [-0.1, -0.05) is 39.0 Å². The zero-order valence-corrected chi connectivity index (χ0v) is 24.0. The molecule has 1 N–H and O–H groups in total. The molecule has 0 saturated heterocycles. The number of carboxylic acids is 1. The van der Waals surface area contributed by atoms with Crippen LogP contribution in [0.25, 0.3) is 0 Å². The number of aromatic carboxylic acids is 1. The minimum Gasteiger partial charge on any atom is -0.494 e. The summed E-state index contributed by atoms with van der Waals surface area (Å²) in [6.07, 6.45) is 7.20. The molecule has 0 aliphatic heterocycles. The lowest BCUT2D eigenvalue weighted by molar-refractivity contribution is -0.384. The molecular formula is C32H35NO10. The molecule has 3 aromatic carbocycles. The van der Waals surface area contributed by atoms with Crippen LogP contribution in [0.1, 0.15) is 82.9 Å². The molecule has 11 nitrogen and oxygen atoms in total. The highest BCUT2D eigenvalue weighted by atomic mass is 16.6. The number of carbonyl (C=O) groups is 3. The minimum absolute atomic E-state index is 0.0637. The Balaban J connectivity index is 1.53. The number of carboxylic acid groups (broad SMARTS) is 1. The third-order valence-corrected chi connectivity index (χ3v) is 6.34. The highest BCUT2D eigenvalue weighted by Crippen LogP contribution is 2.24. The summed E-state index contributed by atoms with van der Waals surface area (Å²) in [6, 6.07) is 15.5. The molecule has 3 aromatic rings. The Hall–Kier alpha value is -4.93. The first-order chi connectivity index (χ1) is 20.8. The summed E-state index contributed by atoms with van der Waals surface area (Å²) in [4.78, 5) is 47.3. The predicted molar refractivity (Wildman–Crippen MR) is 157 cm³/mol. The Morgan fingerprint density at radius 1 is 0.721 bits per heavy atom. The second kappa shape index (κ2) is 17.1. The lowest BCUT2D eigenvalue weighted by Crippen LogP contribution is -2.15. The van der Waals surface area contributed by atoms with Crippen LogP contribution in [0.4, 0.5) is 5.69 Å². The summed E-state index contributed by atoms with van der Waals surface area (Å²) >= 11 is 0. The van der Waals surface area contributed by atoms with E-state index in [-0.39, 0.29) is 47.8 Å². The van der Waals surface area contributed by atoms with Gasteiger partial charge >= 0.3 is 17.9 Å². The van der Waals surface area contributed by atoms with Crippen LogP contribution < -0.4 is 14.2 Å². The van der Waals surface area contributed by atoms with Gasteiger partial charge in [-0.2, -0.15) is 0 Å². The number of rotatable bonds is 18. The Morgan fingerprint density at radius 2 is 1.30 bits per heavy atom. The monoisotopic (exact) mass is 593 g/mol. The SMILES string of the molecule is CCCCCCCCOc1ccc(C(=O)Oc2ccc(C(=O)O)cc2C(=O)OCCCOc2ccc([N+](=O)[O-])cc2)cc1. The third kappa shape index (κ3) is 10.8. The average molecular weight is 594 g/mol. The maximum atomic E-state index is 12.8. The van der Waals surface area contributed by atoms with E-state index in [1.54, 1.807) is 24.3 Å². The minimum atomic E-state index is -1.26. The van der Waals surface area contributed by atoms with E-state index < -0.39 is 22.8 Å². The zero-order chi connectivity index (χ0) is 31.0. The van der Waals surface area contributed by atoms with E-state index in [0.717, 1.165) is 18.9 Å². The Morgan fingerprint density at radius 3 is 1.93 bits per heavy atom. The van der Waals surface area contributed by atoms with Crippen molar-refractivity contribution in [1.29, 1.82) is 0 Å². The molecule has 11 heteroatoms. The highest BCUT2D eigenvalue weighted by Gasteiger charge is 2.20. The number of nitrogens with zero attached hydrogens (tertiary/aromatic N) is 1. The van der Waals surface area contributed by atoms with Gasteiger partial charge in [0.2, 0.25) is 0 Å². The number of esters is 2. The second-order valence-electron chi connectivity index (χ2n) is 9.64. The molecule has 0 unspecified atom stereocenters. The van der Waals surface area contributed by atoms with Crippen molar-refractivity contribution < 1.29 is 43.4 Å². The molecule has 0 aliphatic carbocycles. The number of nitro benzene ring substituents is 1. The van der Waals surface area contributed by atoms with Gasteiger partial charge in [-0.25, -0.2) is 14.4 Å². The topological polar surface area (TPSA) is 152 Å². The number of nitro groups is 1.